The average Bonchev–Trinajstić information content (AvgIpc) is 3.15. The zero-order valence-corrected chi connectivity index (χ0v) is 18.6. The van der Waals surface area contributed by atoms with E-state index in [0.29, 0.717) is 27.5 Å². The van der Waals surface area contributed by atoms with Crippen molar-refractivity contribution in [2.45, 2.75) is 20.4 Å². The zero-order chi connectivity index (χ0) is 21.7. The van der Waals surface area contributed by atoms with Gasteiger partial charge in [-0.05, 0) is 55.3 Å². The van der Waals surface area contributed by atoms with Gasteiger partial charge in [0.1, 0.15) is 4.70 Å². The number of nitrogens with zero attached hydrogens (tertiary/aromatic N) is 2. The fraction of sp³-hybridized carbons (Fsp3) is 0.120. The minimum Gasteiger partial charge on any atom is -0.287 e. The van der Waals surface area contributed by atoms with E-state index in [9.17, 15) is 9.59 Å². The molecule has 0 atom stereocenters. The van der Waals surface area contributed by atoms with Crippen molar-refractivity contribution >= 4 is 43.2 Å². The summed E-state index contributed by atoms with van der Waals surface area (Å²) in [6.07, 6.45) is 0. The van der Waals surface area contributed by atoms with Crippen molar-refractivity contribution in [3.05, 3.63) is 109 Å². The van der Waals surface area contributed by atoms with Crippen LogP contribution in [0.1, 0.15) is 16.7 Å². The Balaban J connectivity index is 1.89. The van der Waals surface area contributed by atoms with E-state index in [1.807, 2.05) is 38.1 Å². The van der Waals surface area contributed by atoms with Gasteiger partial charge in [-0.25, -0.2) is 9.36 Å². The van der Waals surface area contributed by atoms with E-state index in [2.05, 4.69) is 18.2 Å². The summed E-state index contributed by atoms with van der Waals surface area (Å²) in [7, 11) is 0. The van der Waals surface area contributed by atoms with Gasteiger partial charge in [0, 0.05) is 15.1 Å². The van der Waals surface area contributed by atoms with Crippen LogP contribution in [0.25, 0.3) is 26.0 Å². The van der Waals surface area contributed by atoms with Gasteiger partial charge in [0.15, 0.2) is 0 Å². The van der Waals surface area contributed by atoms with Crippen molar-refractivity contribution in [3.63, 3.8) is 0 Å². The fourth-order valence-electron chi connectivity index (χ4n) is 3.96. The number of rotatable bonds is 3. The van der Waals surface area contributed by atoms with E-state index in [1.54, 1.807) is 28.8 Å². The van der Waals surface area contributed by atoms with Crippen LogP contribution in [0.3, 0.4) is 0 Å². The summed E-state index contributed by atoms with van der Waals surface area (Å²) < 4.78 is 4.53. The second-order valence-corrected chi connectivity index (χ2v) is 9.18. The first-order chi connectivity index (χ1) is 14.9. The van der Waals surface area contributed by atoms with Crippen molar-refractivity contribution in [3.8, 4) is 5.69 Å². The fourth-order valence-corrected chi connectivity index (χ4v) is 5.22. The molecule has 31 heavy (non-hydrogen) atoms. The summed E-state index contributed by atoms with van der Waals surface area (Å²) in [6.45, 7) is 4.46. The highest BCUT2D eigenvalue weighted by Gasteiger charge is 2.19. The molecule has 0 aliphatic carbocycles. The number of fused-ring (bicyclic) bond motifs is 3. The normalized spacial score (nSPS) is 11.5. The van der Waals surface area contributed by atoms with Crippen LogP contribution in [0, 0.1) is 13.8 Å². The molecule has 0 unspecified atom stereocenters. The molecule has 0 aliphatic rings. The number of hydrogen-bond donors (Lipinski definition) is 0. The summed E-state index contributed by atoms with van der Waals surface area (Å²) in [4.78, 5) is 27.2. The van der Waals surface area contributed by atoms with E-state index >= 15 is 0 Å². The van der Waals surface area contributed by atoms with Crippen LogP contribution in [0.2, 0.25) is 5.02 Å². The molecule has 0 amide bonds. The van der Waals surface area contributed by atoms with Crippen molar-refractivity contribution in [1.29, 1.82) is 0 Å². The van der Waals surface area contributed by atoms with Crippen molar-refractivity contribution in [1.82, 2.24) is 9.13 Å². The first-order valence-corrected chi connectivity index (χ1v) is 11.1. The second kappa shape index (κ2) is 7.52. The van der Waals surface area contributed by atoms with Gasteiger partial charge in [-0.3, -0.25) is 9.36 Å². The van der Waals surface area contributed by atoms with Gasteiger partial charge >= 0.3 is 5.69 Å². The lowest BCUT2D eigenvalue weighted by Gasteiger charge is -2.14. The molecule has 5 aromatic rings. The Morgan fingerprint density at radius 3 is 2.45 bits per heavy atom. The van der Waals surface area contributed by atoms with E-state index in [-0.39, 0.29) is 11.2 Å². The van der Waals surface area contributed by atoms with Crippen LogP contribution >= 0.6 is 22.9 Å². The minimum atomic E-state index is -0.357. The molecular weight excluding hydrogens is 428 g/mol. The zero-order valence-electron chi connectivity index (χ0n) is 17.1. The van der Waals surface area contributed by atoms with E-state index in [4.69, 9.17) is 11.6 Å². The minimum absolute atomic E-state index is 0.305. The predicted octanol–water partition coefficient (Wildman–Crippen LogP) is 5.69. The maximum atomic E-state index is 13.7. The maximum Gasteiger partial charge on any atom is 0.336 e. The molecule has 0 spiro atoms. The Bertz CT molecular complexity index is 1580. The summed E-state index contributed by atoms with van der Waals surface area (Å²) in [5.74, 6) is 0. The smallest absolute Gasteiger partial charge is 0.287 e. The summed E-state index contributed by atoms with van der Waals surface area (Å²) >= 11 is 7.45. The van der Waals surface area contributed by atoms with Crippen LogP contribution in [-0.4, -0.2) is 9.13 Å². The molecule has 0 saturated heterocycles. The first kappa shape index (κ1) is 19.8. The van der Waals surface area contributed by atoms with Crippen molar-refractivity contribution in [2.24, 2.45) is 0 Å². The van der Waals surface area contributed by atoms with Crippen LogP contribution in [0.5, 0.6) is 0 Å². The highest BCUT2D eigenvalue weighted by Crippen LogP contribution is 2.31. The second-order valence-electron chi connectivity index (χ2n) is 7.69. The van der Waals surface area contributed by atoms with Gasteiger partial charge in [0.2, 0.25) is 0 Å². The summed E-state index contributed by atoms with van der Waals surface area (Å²) in [6, 6.07) is 20.8. The molecule has 0 aliphatic heterocycles. The van der Waals surface area contributed by atoms with Gasteiger partial charge in [-0.1, -0.05) is 53.6 Å². The third-order valence-corrected chi connectivity index (χ3v) is 6.98. The first-order valence-electron chi connectivity index (χ1n) is 9.93. The number of aryl methyl sites for hydroxylation is 2. The van der Waals surface area contributed by atoms with Crippen LogP contribution in [-0.2, 0) is 6.54 Å². The monoisotopic (exact) mass is 446 g/mol. The molecule has 4 nitrogen and oxygen atoms in total. The SMILES string of the molecule is Cc1ccc(C)c(Cn2c(=O)n(-c3ccc(Cl)cc3)c(=O)c3sc4ccccc4c32)c1. The van der Waals surface area contributed by atoms with Gasteiger partial charge in [-0.15, -0.1) is 11.3 Å². The highest BCUT2D eigenvalue weighted by molar-refractivity contribution is 7.25. The molecule has 0 radical (unpaired) electrons. The van der Waals surface area contributed by atoms with Gasteiger partial charge < -0.3 is 0 Å². The topological polar surface area (TPSA) is 44.0 Å². The van der Waals surface area contributed by atoms with E-state index < -0.39 is 0 Å². The molecule has 154 valence electrons. The lowest BCUT2D eigenvalue weighted by molar-refractivity contribution is 0.715. The number of hydrogen-bond acceptors (Lipinski definition) is 3. The maximum absolute atomic E-state index is 13.7. The molecule has 0 N–H and O–H groups in total. The largest absolute Gasteiger partial charge is 0.336 e. The Kier molecular flexibility index (Phi) is 4.80. The quantitative estimate of drug-likeness (QED) is 0.357. The Hall–Kier alpha value is -3.15. The van der Waals surface area contributed by atoms with Gasteiger partial charge in [0.05, 0.1) is 17.7 Å². The number of benzene rings is 3. The van der Waals surface area contributed by atoms with Crippen molar-refractivity contribution < 1.29 is 0 Å². The van der Waals surface area contributed by atoms with Crippen LogP contribution in [0.4, 0.5) is 0 Å². The van der Waals surface area contributed by atoms with Crippen molar-refractivity contribution in [2.75, 3.05) is 0 Å². The Morgan fingerprint density at radius 1 is 0.935 bits per heavy atom. The lowest BCUT2D eigenvalue weighted by Crippen LogP contribution is -2.38. The molecule has 0 saturated carbocycles. The van der Waals surface area contributed by atoms with Gasteiger partial charge in [-0.2, -0.15) is 0 Å². The van der Waals surface area contributed by atoms with Gasteiger partial charge in [0.25, 0.3) is 5.56 Å². The lowest BCUT2D eigenvalue weighted by atomic mass is 10.1. The summed E-state index contributed by atoms with van der Waals surface area (Å²) in [5.41, 5.74) is 3.83. The molecule has 0 fully saturated rings. The molecule has 2 aromatic heterocycles. The molecule has 2 heterocycles. The Morgan fingerprint density at radius 2 is 1.68 bits per heavy atom. The summed E-state index contributed by atoms with van der Waals surface area (Å²) in [5, 5.41) is 1.47. The molecular formula is C25H19ClN2O2S. The molecule has 3 aromatic carbocycles. The number of aromatic nitrogens is 2. The number of thiophene rings is 1. The predicted molar refractivity (Wildman–Crippen MR) is 129 cm³/mol. The van der Waals surface area contributed by atoms with E-state index in [0.717, 1.165) is 26.8 Å². The van der Waals surface area contributed by atoms with Crippen LogP contribution < -0.4 is 11.2 Å². The average molecular weight is 447 g/mol. The standard InChI is InChI=1S/C25H19ClN2O2S/c1-15-7-8-16(2)17(13-15)14-27-22-20-5-3-4-6-21(20)31-23(22)24(29)28(25(27)30)19-11-9-18(26)10-12-19/h3-13H,14H2,1-2H3. The third-order valence-electron chi connectivity index (χ3n) is 5.58. The Labute approximate surface area is 187 Å². The van der Waals surface area contributed by atoms with Crippen LogP contribution in [0.15, 0.2) is 76.3 Å². The third kappa shape index (κ3) is 3.30. The number of halogens is 1. The molecule has 5 rings (SSSR count). The highest BCUT2D eigenvalue weighted by atomic mass is 35.5. The molecule has 0 bridgehead atoms. The molecule has 6 heteroatoms. The van der Waals surface area contributed by atoms with E-state index in [1.165, 1.54) is 15.9 Å².